The molecule has 0 radical (unpaired) electrons. The van der Waals surface area contributed by atoms with Crippen molar-refractivity contribution in [2.45, 2.75) is 26.3 Å². The minimum atomic E-state index is -0.434. The zero-order chi connectivity index (χ0) is 14.7. The predicted octanol–water partition coefficient (Wildman–Crippen LogP) is 3.18. The van der Waals surface area contributed by atoms with Crippen molar-refractivity contribution in [3.8, 4) is 0 Å². The van der Waals surface area contributed by atoms with Crippen molar-refractivity contribution in [3.05, 3.63) is 57.1 Å². The van der Waals surface area contributed by atoms with E-state index < -0.39 is 5.69 Å². The van der Waals surface area contributed by atoms with Crippen LogP contribution in [0.5, 0.6) is 0 Å². The molecule has 20 heavy (non-hydrogen) atoms. The Bertz CT molecular complexity index is 652. The molecule has 106 valence electrons. The molecule has 1 aromatic heterocycles. The van der Waals surface area contributed by atoms with E-state index in [1.807, 2.05) is 24.1 Å². The summed E-state index contributed by atoms with van der Waals surface area (Å²) in [7, 11) is 1.90. The minimum Gasteiger partial charge on any atom is -0.355 e. The van der Waals surface area contributed by atoms with Gasteiger partial charge in [-0.2, -0.15) is 4.98 Å². The molecule has 0 spiro atoms. The number of nitrogens with zero attached hydrogens (tertiary/aromatic N) is 2. The molecule has 0 aliphatic rings. The third kappa shape index (κ3) is 3.39. The summed E-state index contributed by atoms with van der Waals surface area (Å²) in [5.74, 6) is 1.02. The van der Waals surface area contributed by atoms with E-state index >= 15 is 0 Å². The summed E-state index contributed by atoms with van der Waals surface area (Å²) < 4.78 is 0. The van der Waals surface area contributed by atoms with Crippen molar-refractivity contribution >= 4 is 17.4 Å². The van der Waals surface area contributed by atoms with Crippen LogP contribution in [0.3, 0.4) is 0 Å². The van der Waals surface area contributed by atoms with Gasteiger partial charge in [0.25, 0.3) is 0 Å². The van der Waals surface area contributed by atoms with Gasteiger partial charge in [-0.15, -0.1) is 0 Å². The van der Waals surface area contributed by atoms with Gasteiger partial charge in [0, 0.05) is 19.7 Å². The molecular formula is C15H18ClN3O. The SMILES string of the molecule is CC(C)c1ccccc1CN(C)c1cc(Cl)[nH]c(=O)n1. The van der Waals surface area contributed by atoms with Crippen LogP contribution in [-0.4, -0.2) is 17.0 Å². The van der Waals surface area contributed by atoms with Gasteiger partial charge in [-0.1, -0.05) is 49.7 Å². The highest BCUT2D eigenvalue weighted by molar-refractivity contribution is 6.29. The maximum Gasteiger partial charge on any atom is 0.348 e. The third-order valence-electron chi connectivity index (χ3n) is 3.17. The lowest BCUT2D eigenvalue weighted by Gasteiger charge is -2.21. The fraction of sp³-hybridized carbons (Fsp3) is 0.333. The summed E-state index contributed by atoms with van der Waals surface area (Å²) >= 11 is 5.86. The van der Waals surface area contributed by atoms with E-state index in [1.54, 1.807) is 6.07 Å². The Morgan fingerprint density at radius 2 is 2.05 bits per heavy atom. The zero-order valence-electron chi connectivity index (χ0n) is 11.9. The maximum absolute atomic E-state index is 11.4. The molecule has 0 bridgehead atoms. The first kappa shape index (κ1) is 14.6. The molecule has 1 aromatic carbocycles. The molecule has 0 saturated heterocycles. The van der Waals surface area contributed by atoms with Gasteiger partial charge in [-0.25, -0.2) is 4.79 Å². The van der Waals surface area contributed by atoms with Crippen LogP contribution in [0.1, 0.15) is 30.9 Å². The van der Waals surface area contributed by atoms with Gasteiger partial charge in [0.1, 0.15) is 11.0 Å². The summed E-state index contributed by atoms with van der Waals surface area (Å²) in [5, 5.41) is 0.295. The van der Waals surface area contributed by atoms with Crippen LogP contribution >= 0.6 is 11.6 Å². The van der Waals surface area contributed by atoms with Crippen molar-refractivity contribution in [2.75, 3.05) is 11.9 Å². The summed E-state index contributed by atoms with van der Waals surface area (Å²) in [5.41, 5.74) is 2.09. The molecule has 4 nitrogen and oxygen atoms in total. The van der Waals surface area contributed by atoms with Gasteiger partial charge in [-0.05, 0) is 17.0 Å². The molecule has 0 atom stereocenters. The number of hydrogen-bond donors (Lipinski definition) is 1. The molecule has 1 heterocycles. The van der Waals surface area contributed by atoms with Gasteiger partial charge >= 0.3 is 5.69 Å². The Labute approximate surface area is 123 Å². The van der Waals surface area contributed by atoms with Crippen molar-refractivity contribution in [2.24, 2.45) is 0 Å². The molecule has 0 aliphatic carbocycles. The normalized spacial score (nSPS) is 10.8. The summed E-state index contributed by atoms with van der Waals surface area (Å²) in [6, 6.07) is 9.95. The molecule has 2 rings (SSSR count). The van der Waals surface area contributed by atoms with Gasteiger partial charge in [0.05, 0.1) is 0 Å². The molecule has 1 N–H and O–H groups in total. The number of halogens is 1. The lowest BCUT2D eigenvalue weighted by molar-refractivity contribution is 0.813. The molecule has 0 amide bonds. The van der Waals surface area contributed by atoms with Crippen molar-refractivity contribution in [3.63, 3.8) is 0 Å². The second-order valence-electron chi connectivity index (χ2n) is 5.10. The topological polar surface area (TPSA) is 49.0 Å². The van der Waals surface area contributed by atoms with E-state index in [0.717, 1.165) is 0 Å². The van der Waals surface area contributed by atoms with E-state index in [4.69, 9.17) is 11.6 Å². The zero-order valence-corrected chi connectivity index (χ0v) is 12.6. The smallest absolute Gasteiger partial charge is 0.348 e. The molecule has 2 aromatic rings. The predicted molar refractivity (Wildman–Crippen MR) is 82.5 cm³/mol. The molecule has 0 fully saturated rings. The largest absolute Gasteiger partial charge is 0.355 e. The molecule has 0 saturated carbocycles. The van der Waals surface area contributed by atoms with E-state index in [9.17, 15) is 4.79 Å². The Morgan fingerprint density at radius 1 is 1.35 bits per heavy atom. The molecule has 0 unspecified atom stereocenters. The summed E-state index contributed by atoms with van der Waals surface area (Å²) in [6.45, 7) is 5.02. The lowest BCUT2D eigenvalue weighted by Crippen LogP contribution is -2.22. The molecular weight excluding hydrogens is 274 g/mol. The number of anilines is 1. The lowest BCUT2D eigenvalue weighted by atomic mass is 9.97. The highest BCUT2D eigenvalue weighted by Gasteiger charge is 2.10. The van der Waals surface area contributed by atoms with Gasteiger partial charge < -0.3 is 4.90 Å². The summed E-state index contributed by atoms with van der Waals surface area (Å²) in [6.07, 6.45) is 0. The Kier molecular flexibility index (Phi) is 4.45. The van der Waals surface area contributed by atoms with Gasteiger partial charge in [0.2, 0.25) is 0 Å². The first-order valence-electron chi connectivity index (χ1n) is 6.53. The number of H-pyrrole nitrogens is 1. The van der Waals surface area contributed by atoms with Gasteiger partial charge in [0.15, 0.2) is 0 Å². The van der Waals surface area contributed by atoms with Crippen LogP contribution in [0.15, 0.2) is 35.1 Å². The first-order valence-corrected chi connectivity index (χ1v) is 6.91. The van der Waals surface area contributed by atoms with E-state index in [2.05, 4.69) is 35.9 Å². The van der Waals surface area contributed by atoms with E-state index in [1.165, 1.54) is 11.1 Å². The highest BCUT2D eigenvalue weighted by Crippen LogP contribution is 2.22. The van der Waals surface area contributed by atoms with Crippen molar-refractivity contribution in [1.29, 1.82) is 0 Å². The Hall–Kier alpha value is -1.81. The Balaban J connectivity index is 2.28. The first-order chi connectivity index (χ1) is 9.47. The molecule has 5 heteroatoms. The quantitative estimate of drug-likeness (QED) is 0.880. The number of hydrogen-bond acceptors (Lipinski definition) is 3. The Morgan fingerprint density at radius 3 is 2.70 bits per heavy atom. The average molecular weight is 292 g/mol. The fourth-order valence-corrected chi connectivity index (χ4v) is 2.37. The monoisotopic (exact) mass is 291 g/mol. The number of aromatic nitrogens is 2. The van der Waals surface area contributed by atoms with Gasteiger partial charge in [-0.3, -0.25) is 4.98 Å². The second kappa shape index (κ2) is 6.09. The van der Waals surface area contributed by atoms with Crippen LogP contribution in [0.25, 0.3) is 0 Å². The number of benzene rings is 1. The van der Waals surface area contributed by atoms with Crippen molar-refractivity contribution < 1.29 is 0 Å². The maximum atomic E-state index is 11.4. The standard InChI is InChI=1S/C15H18ClN3O/c1-10(2)12-7-5-4-6-11(12)9-19(3)14-8-13(16)17-15(20)18-14/h4-8,10H,9H2,1-3H3,(H,17,18,20). The third-order valence-corrected chi connectivity index (χ3v) is 3.38. The van der Waals surface area contributed by atoms with Crippen LogP contribution in [0, 0.1) is 0 Å². The van der Waals surface area contributed by atoms with E-state index in [-0.39, 0.29) is 0 Å². The van der Waals surface area contributed by atoms with Crippen LogP contribution in [0.2, 0.25) is 5.15 Å². The fourth-order valence-electron chi connectivity index (χ4n) is 2.19. The van der Waals surface area contributed by atoms with E-state index in [0.29, 0.717) is 23.4 Å². The molecule has 0 aliphatic heterocycles. The second-order valence-corrected chi connectivity index (χ2v) is 5.51. The van der Waals surface area contributed by atoms with Crippen LogP contribution in [0.4, 0.5) is 5.82 Å². The number of nitrogens with one attached hydrogen (secondary N) is 1. The van der Waals surface area contributed by atoms with Crippen molar-refractivity contribution in [1.82, 2.24) is 9.97 Å². The van der Waals surface area contributed by atoms with Crippen LogP contribution in [-0.2, 0) is 6.54 Å². The summed E-state index contributed by atoms with van der Waals surface area (Å²) in [4.78, 5) is 19.7. The highest BCUT2D eigenvalue weighted by atomic mass is 35.5. The average Bonchev–Trinajstić information content (AvgIpc) is 2.37. The number of rotatable bonds is 4. The minimum absolute atomic E-state index is 0.295. The number of aromatic amines is 1. The van der Waals surface area contributed by atoms with Crippen LogP contribution < -0.4 is 10.6 Å².